The number of fused-ring (bicyclic) bond motifs is 1. The molecule has 4 rings (SSSR count). The molecule has 4 nitrogen and oxygen atoms in total. The molecule has 0 saturated carbocycles. The van der Waals surface area contributed by atoms with Crippen LogP contribution in [0.5, 0.6) is 0 Å². The van der Waals surface area contributed by atoms with E-state index in [1.807, 2.05) is 42.5 Å². The highest BCUT2D eigenvalue weighted by molar-refractivity contribution is 9.10. The van der Waals surface area contributed by atoms with Crippen LogP contribution in [0.25, 0.3) is 0 Å². The van der Waals surface area contributed by atoms with Crippen LogP contribution in [0.2, 0.25) is 0 Å². The molecule has 2 aromatic rings. The molecule has 2 atom stereocenters. The third kappa shape index (κ3) is 3.64. The first-order valence-electron chi connectivity index (χ1n) is 8.02. The van der Waals surface area contributed by atoms with Gasteiger partial charge in [-0.3, -0.25) is 4.99 Å². The Morgan fingerprint density at radius 2 is 1.80 bits per heavy atom. The minimum absolute atomic E-state index is 0.0835. The van der Waals surface area contributed by atoms with E-state index in [-0.39, 0.29) is 23.6 Å². The van der Waals surface area contributed by atoms with Gasteiger partial charge in [-0.15, -0.1) is 0 Å². The van der Waals surface area contributed by atoms with Crippen molar-refractivity contribution in [1.82, 2.24) is 0 Å². The van der Waals surface area contributed by atoms with Crippen molar-refractivity contribution in [2.45, 2.75) is 17.8 Å². The topological polar surface area (TPSA) is 49.7 Å². The molecule has 2 heterocycles. The van der Waals surface area contributed by atoms with E-state index in [2.05, 4.69) is 33.0 Å². The first kappa shape index (κ1) is 17.1. The Hall–Kier alpha value is -1.31. The highest BCUT2D eigenvalue weighted by atomic mass is 79.9. The highest BCUT2D eigenvalue weighted by Gasteiger charge is 2.47. The van der Waals surface area contributed by atoms with Crippen LogP contribution >= 0.6 is 27.7 Å². The largest absolute Gasteiger partial charge is 0.315 e. The Labute approximate surface area is 160 Å². The standard InChI is InChI=1S/C18H17BrN2O2S2/c19-14-8-6-13(7-9-14)10-24-18-20-16-11-25(22,23)12-17(16)21(18)15-4-2-1-3-5-15/h1-9,16-17H,10-12H2/t16-,17+/m1/s1. The van der Waals surface area contributed by atoms with Gasteiger partial charge in [-0.25, -0.2) is 8.42 Å². The molecule has 0 aromatic heterocycles. The molecule has 0 radical (unpaired) electrons. The fourth-order valence-corrected chi connectivity index (χ4v) is 6.44. The lowest BCUT2D eigenvalue weighted by molar-refractivity contribution is 0.601. The predicted molar refractivity (Wildman–Crippen MR) is 108 cm³/mol. The number of para-hydroxylation sites is 1. The summed E-state index contributed by atoms with van der Waals surface area (Å²) in [6, 6.07) is 17.9. The summed E-state index contributed by atoms with van der Waals surface area (Å²) in [5.41, 5.74) is 2.22. The minimum atomic E-state index is -3.00. The summed E-state index contributed by atoms with van der Waals surface area (Å²) in [6.45, 7) is 0. The second-order valence-corrected chi connectivity index (χ2v) is 10.3. The zero-order chi connectivity index (χ0) is 17.4. The number of nitrogens with zero attached hydrogens (tertiary/aromatic N) is 2. The third-order valence-corrected chi connectivity index (χ3v) is 7.69. The van der Waals surface area contributed by atoms with Crippen molar-refractivity contribution in [3.05, 3.63) is 64.6 Å². The van der Waals surface area contributed by atoms with Crippen LogP contribution in [0, 0.1) is 0 Å². The van der Waals surface area contributed by atoms with Gasteiger partial charge in [0.1, 0.15) is 0 Å². The number of hydrogen-bond donors (Lipinski definition) is 0. The van der Waals surface area contributed by atoms with Gasteiger partial charge in [0.2, 0.25) is 0 Å². The molecule has 0 unspecified atom stereocenters. The van der Waals surface area contributed by atoms with Crippen LogP contribution in [0.4, 0.5) is 5.69 Å². The van der Waals surface area contributed by atoms with Gasteiger partial charge in [-0.05, 0) is 29.8 Å². The van der Waals surface area contributed by atoms with Crippen LogP contribution in [-0.2, 0) is 15.6 Å². The number of hydrogen-bond acceptors (Lipinski definition) is 5. The Morgan fingerprint density at radius 1 is 1.08 bits per heavy atom. The van der Waals surface area contributed by atoms with Crippen LogP contribution in [0.15, 0.2) is 64.1 Å². The van der Waals surface area contributed by atoms with E-state index in [1.54, 1.807) is 11.8 Å². The molecule has 1 fully saturated rings. The summed E-state index contributed by atoms with van der Waals surface area (Å²) in [4.78, 5) is 6.86. The van der Waals surface area contributed by atoms with Crippen LogP contribution in [0.3, 0.4) is 0 Å². The molecule has 130 valence electrons. The molecule has 1 saturated heterocycles. The van der Waals surface area contributed by atoms with Gasteiger partial charge in [0.25, 0.3) is 0 Å². The molecule has 2 aliphatic rings. The van der Waals surface area contributed by atoms with E-state index in [0.29, 0.717) is 0 Å². The first-order chi connectivity index (χ1) is 12.0. The Morgan fingerprint density at radius 3 is 2.52 bits per heavy atom. The maximum Gasteiger partial charge on any atom is 0.164 e. The van der Waals surface area contributed by atoms with Gasteiger partial charge < -0.3 is 4.90 Å². The van der Waals surface area contributed by atoms with Gasteiger partial charge in [-0.2, -0.15) is 0 Å². The van der Waals surface area contributed by atoms with Gasteiger partial charge in [0.05, 0.1) is 23.6 Å². The summed E-state index contributed by atoms with van der Waals surface area (Å²) in [5.74, 6) is 1.14. The number of aliphatic imine (C=N–C) groups is 1. The molecular weight excluding hydrogens is 420 g/mol. The SMILES string of the molecule is O=S1(=O)C[C@H]2N=C(SCc3ccc(Br)cc3)N(c3ccccc3)[C@H]2C1. The van der Waals surface area contributed by atoms with Gasteiger partial charge in [0, 0.05) is 15.9 Å². The first-order valence-corrected chi connectivity index (χ1v) is 11.6. The quantitative estimate of drug-likeness (QED) is 0.735. The summed E-state index contributed by atoms with van der Waals surface area (Å²) in [5, 5.41) is 0.916. The molecule has 2 aromatic carbocycles. The molecular formula is C18H17BrN2O2S2. The molecule has 0 aliphatic carbocycles. The number of benzene rings is 2. The van der Waals surface area contributed by atoms with Crippen molar-refractivity contribution < 1.29 is 8.42 Å². The van der Waals surface area contributed by atoms with Crippen molar-refractivity contribution in [3.8, 4) is 0 Å². The molecule has 0 N–H and O–H groups in total. The fourth-order valence-electron chi connectivity index (χ4n) is 3.25. The van der Waals surface area contributed by atoms with Gasteiger partial charge in [0.15, 0.2) is 15.0 Å². The lowest BCUT2D eigenvalue weighted by Crippen LogP contribution is -2.39. The number of anilines is 1. The second-order valence-electron chi connectivity index (χ2n) is 6.24. The molecule has 25 heavy (non-hydrogen) atoms. The van der Waals surface area contributed by atoms with Crippen LogP contribution in [0.1, 0.15) is 5.56 Å². The van der Waals surface area contributed by atoms with Gasteiger partial charge >= 0.3 is 0 Å². The van der Waals surface area contributed by atoms with E-state index in [0.717, 1.165) is 21.1 Å². The lowest BCUT2D eigenvalue weighted by Gasteiger charge is -2.26. The maximum absolute atomic E-state index is 12.0. The monoisotopic (exact) mass is 436 g/mol. The number of halogens is 1. The van der Waals surface area contributed by atoms with Crippen molar-refractivity contribution in [3.63, 3.8) is 0 Å². The maximum atomic E-state index is 12.0. The Bertz CT molecular complexity index is 898. The van der Waals surface area contributed by atoms with Crippen LogP contribution in [-0.4, -0.2) is 37.2 Å². The molecule has 2 aliphatic heterocycles. The van der Waals surface area contributed by atoms with E-state index >= 15 is 0 Å². The van der Waals surface area contributed by atoms with E-state index < -0.39 is 9.84 Å². The van der Waals surface area contributed by atoms with Crippen molar-refractivity contribution in [2.24, 2.45) is 4.99 Å². The molecule has 0 bridgehead atoms. The second kappa shape index (κ2) is 6.78. The Balaban J connectivity index is 1.59. The average molecular weight is 437 g/mol. The van der Waals surface area contributed by atoms with Crippen LogP contribution < -0.4 is 4.90 Å². The minimum Gasteiger partial charge on any atom is -0.315 e. The zero-order valence-electron chi connectivity index (χ0n) is 13.4. The number of sulfone groups is 1. The third-order valence-electron chi connectivity index (χ3n) is 4.42. The molecule has 7 heteroatoms. The van der Waals surface area contributed by atoms with Gasteiger partial charge in [-0.1, -0.05) is 58.0 Å². The highest BCUT2D eigenvalue weighted by Crippen LogP contribution is 2.35. The zero-order valence-corrected chi connectivity index (χ0v) is 16.6. The number of thioether (sulfide) groups is 1. The number of amidine groups is 1. The normalized spacial score (nSPS) is 24.2. The Kier molecular flexibility index (Phi) is 4.64. The molecule has 0 amide bonds. The van der Waals surface area contributed by atoms with Crippen molar-refractivity contribution in [1.29, 1.82) is 0 Å². The molecule has 0 spiro atoms. The lowest BCUT2D eigenvalue weighted by atomic mass is 10.1. The predicted octanol–water partition coefficient (Wildman–Crippen LogP) is 3.72. The fraction of sp³-hybridized carbons (Fsp3) is 0.278. The number of rotatable bonds is 3. The summed E-state index contributed by atoms with van der Waals surface area (Å²) in [7, 11) is -3.00. The summed E-state index contributed by atoms with van der Waals surface area (Å²) in [6.07, 6.45) is 0. The summed E-state index contributed by atoms with van der Waals surface area (Å²) < 4.78 is 25.1. The smallest absolute Gasteiger partial charge is 0.164 e. The van der Waals surface area contributed by atoms with E-state index in [1.165, 1.54) is 5.56 Å². The summed E-state index contributed by atoms with van der Waals surface area (Å²) >= 11 is 5.12. The van der Waals surface area contributed by atoms with E-state index in [9.17, 15) is 8.42 Å². The van der Waals surface area contributed by atoms with Crippen molar-refractivity contribution in [2.75, 3.05) is 16.4 Å². The average Bonchev–Trinajstić information content (AvgIpc) is 3.06. The van der Waals surface area contributed by atoms with E-state index in [4.69, 9.17) is 4.99 Å². The van der Waals surface area contributed by atoms with Crippen molar-refractivity contribution >= 4 is 48.4 Å².